The van der Waals surface area contributed by atoms with Crippen molar-refractivity contribution in [3.05, 3.63) is 81.7 Å². The fourth-order valence-corrected chi connectivity index (χ4v) is 5.42. The van der Waals surface area contributed by atoms with E-state index in [2.05, 4.69) is 24.3 Å². The Morgan fingerprint density at radius 2 is 1.73 bits per heavy atom. The molecule has 2 fully saturated rings. The fraction of sp³-hybridized carbons (Fsp3) is 0.333. The Morgan fingerprint density at radius 3 is 2.47 bits per heavy atom. The quantitative estimate of drug-likeness (QED) is 0.562. The van der Waals surface area contributed by atoms with Crippen molar-refractivity contribution in [3.8, 4) is 10.4 Å². The predicted molar refractivity (Wildman–Crippen MR) is 118 cm³/mol. The molecule has 156 valence electrons. The molecule has 2 heterocycles. The van der Waals surface area contributed by atoms with Gasteiger partial charge >= 0.3 is 0 Å². The maximum atomic E-state index is 10.5. The lowest BCUT2D eigenvalue weighted by atomic mass is 9.89. The number of hydrogen-bond acceptors (Lipinski definition) is 5. The molecule has 3 N–H and O–H groups in total. The third-order valence-electron chi connectivity index (χ3n) is 6.11. The lowest BCUT2D eigenvalue weighted by Crippen LogP contribution is -2.55. The summed E-state index contributed by atoms with van der Waals surface area (Å²) in [7, 11) is 0. The van der Waals surface area contributed by atoms with Crippen LogP contribution in [0.4, 0.5) is 0 Å². The largest absolute Gasteiger partial charge is 0.387 e. The van der Waals surface area contributed by atoms with Gasteiger partial charge in [-0.2, -0.15) is 0 Å². The number of aliphatic hydroxyl groups is 3. The molecule has 0 radical (unpaired) electrons. The van der Waals surface area contributed by atoms with Gasteiger partial charge in [-0.05, 0) is 47.7 Å². The van der Waals surface area contributed by atoms with Gasteiger partial charge in [0.1, 0.15) is 24.4 Å². The summed E-state index contributed by atoms with van der Waals surface area (Å²) in [4.78, 5) is 2.39. The summed E-state index contributed by atoms with van der Waals surface area (Å²) in [5, 5.41) is 31.7. The molecule has 1 saturated carbocycles. The molecule has 1 aliphatic carbocycles. The van der Waals surface area contributed by atoms with Gasteiger partial charge in [-0.25, -0.2) is 0 Å². The van der Waals surface area contributed by atoms with Gasteiger partial charge in [0.15, 0.2) is 0 Å². The first kappa shape index (κ1) is 20.2. The zero-order chi connectivity index (χ0) is 20.9. The highest BCUT2D eigenvalue weighted by molar-refractivity contribution is 7.15. The summed E-state index contributed by atoms with van der Waals surface area (Å²) in [5.41, 5.74) is 2.16. The standard InChI is InChI=1S/C24H23ClO4S/c25-18-8-6-15(22-20(26)21(27)23(28)24(29-22)10-11-24)12-16(18)13-17-7-9-19(30-17)14-4-2-1-3-5-14/h1-9,12,20-23,26-28H,10-11,13H2/t20-,21-,22+,23+/m1/s1. The van der Waals surface area contributed by atoms with Crippen molar-refractivity contribution in [1.82, 2.24) is 0 Å². The van der Waals surface area contributed by atoms with E-state index in [-0.39, 0.29) is 0 Å². The van der Waals surface area contributed by atoms with E-state index in [1.807, 2.05) is 36.4 Å². The van der Waals surface area contributed by atoms with E-state index in [0.29, 0.717) is 24.3 Å². The van der Waals surface area contributed by atoms with E-state index in [1.54, 1.807) is 11.3 Å². The monoisotopic (exact) mass is 442 g/mol. The highest BCUT2D eigenvalue weighted by Crippen LogP contribution is 2.52. The van der Waals surface area contributed by atoms with Crippen molar-refractivity contribution < 1.29 is 20.1 Å². The van der Waals surface area contributed by atoms with Crippen LogP contribution in [-0.2, 0) is 11.2 Å². The molecule has 0 bridgehead atoms. The van der Waals surface area contributed by atoms with Crippen molar-refractivity contribution in [3.63, 3.8) is 0 Å². The van der Waals surface area contributed by atoms with Crippen molar-refractivity contribution in [1.29, 1.82) is 0 Å². The zero-order valence-corrected chi connectivity index (χ0v) is 17.8. The molecule has 1 saturated heterocycles. The maximum Gasteiger partial charge on any atom is 0.113 e. The Hall–Kier alpha value is -1.73. The summed E-state index contributed by atoms with van der Waals surface area (Å²) in [6, 6.07) is 20.1. The van der Waals surface area contributed by atoms with Crippen molar-refractivity contribution in [2.24, 2.45) is 0 Å². The molecule has 2 aliphatic rings. The number of hydrogen-bond donors (Lipinski definition) is 3. The van der Waals surface area contributed by atoms with Gasteiger partial charge in [0.25, 0.3) is 0 Å². The van der Waals surface area contributed by atoms with Gasteiger partial charge in [0.2, 0.25) is 0 Å². The molecule has 4 nitrogen and oxygen atoms in total. The average Bonchev–Trinajstić information content (AvgIpc) is 3.40. The molecule has 4 atom stereocenters. The molecule has 1 spiro atoms. The number of halogens is 1. The Morgan fingerprint density at radius 1 is 0.967 bits per heavy atom. The van der Waals surface area contributed by atoms with Gasteiger partial charge in [0, 0.05) is 21.2 Å². The van der Waals surface area contributed by atoms with Crippen LogP contribution in [0.25, 0.3) is 10.4 Å². The van der Waals surface area contributed by atoms with Crippen molar-refractivity contribution in [2.75, 3.05) is 0 Å². The number of thiophene rings is 1. The number of ether oxygens (including phenoxy) is 1. The molecular formula is C24H23ClO4S. The Balaban J connectivity index is 1.40. The lowest BCUT2D eigenvalue weighted by Gasteiger charge is -2.41. The van der Waals surface area contributed by atoms with Gasteiger partial charge in [0.05, 0.1) is 5.60 Å². The second-order valence-electron chi connectivity index (χ2n) is 8.19. The fourth-order valence-electron chi connectivity index (χ4n) is 4.20. The number of rotatable bonds is 4. The normalized spacial score (nSPS) is 27.3. The first-order chi connectivity index (χ1) is 14.5. The minimum absolute atomic E-state index is 0.653. The Labute approximate surface area is 184 Å². The summed E-state index contributed by atoms with van der Waals surface area (Å²) in [6.45, 7) is 0. The van der Waals surface area contributed by atoms with Crippen LogP contribution in [0.15, 0.2) is 60.7 Å². The van der Waals surface area contributed by atoms with E-state index < -0.39 is 30.0 Å². The summed E-state index contributed by atoms with van der Waals surface area (Å²) in [6.07, 6.45) is -2.12. The van der Waals surface area contributed by atoms with Crippen LogP contribution in [0, 0.1) is 0 Å². The lowest BCUT2D eigenvalue weighted by molar-refractivity contribution is -0.236. The highest BCUT2D eigenvalue weighted by Gasteiger charge is 2.60. The molecule has 1 aromatic heterocycles. The van der Waals surface area contributed by atoms with Crippen LogP contribution in [0.3, 0.4) is 0 Å². The second-order valence-corrected chi connectivity index (χ2v) is 9.76. The van der Waals surface area contributed by atoms with Gasteiger partial charge < -0.3 is 20.1 Å². The molecule has 0 amide bonds. The van der Waals surface area contributed by atoms with Crippen LogP contribution < -0.4 is 0 Å². The van der Waals surface area contributed by atoms with E-state index in [4.69, 9.17) is 16.3 Å². The summed E-state index contributed by atoms with van der Waals surface area (Å²) >= 11 is 8.21. The number of aliphatic hydroxyl groups excluding tert-OH is 3. The van der Waals surface area contributed by atoms with E-state index in [0.717, 1.165) is 11.1 Å². The molecule has 2 aromatic carbocycles. The zero-order valence-electron chi connectivity index (χ0n) is 16.2. The minimum Gasteiger partial charge on any atom is -0.387 e. The van der Waals surface area contributed by atoms with Crippen LogP contribution in [0.1, 0.15) is 34.9 Å². The predicted octanol–water partition coefficient (Wildman–Crippen LogP) is 4.35. The van der Waals surface area contributed by atoms with Crippen LogP contribution >= 0.6 is 22.9 Å². The van der Waals surface area contributed by atoms with Gasteiger partial charge in [-0.15, -0.1) is 11.3 Å². The third kappa shape index (κ3) is 3.60. The second kappa shape index (κ2) is 7.75. The smallest absolute Gasteiger partial charge is 0.113 e. The Bertz CT molecular complexity index is 1050. The van der Waals surface area contributed by atoms with Crippen LogP contribution in [0.2, 0.25) is 5.02 Å². The highest BCUT2D eigenvalue weighted by atomic mass is 35.5. The van der Waals surface area contributed by atoms with E-state index in [9.17, 15) is 15.3 Å². The van der Waals surface area contributed by atoms with Crippen molar-refractivity contribution in [2.45, 2.75) is 49.3 Å². The molecule has 0 unspecified atom stereocenters. The Kier molecular flexibility index (Phi) is 5.22. The van der Waals surface area contributed by atoms with Crippen molar-refractivity contribution >= 4 is 22.9 Å². The van der Waals surface area contributed by atoms with Crippen LogP contribution in [-0.4, -0.2) is 39.2 Å². The molecule has 30 heavy (non-hydrogen) atoms. The third-order valence-corrected chi connectivity index (χ3v) is 7.61. The SMILES string of the molecule is O[C@@H]1[C@@H](O)[C@H](O)C2(CC2)O[C@H]1c1ccc(Cl)c(Cc2ccc(-c3ccccc3)s2)c1. The van der Waals surface area contributed by atoms with Crippen LogP contribution in [0.5, 0.6) is 0 Å². The topological polar surface area (TPSA) is 69.9 Å². The van der Waals surface area contributed by atoms with E-state index >= 15 is 0 Å². The molecule has 1 aliphatic heterocycles. The minimum atomic E-state index is -1.23. The molecular weight excluding hydrogens is 420 g/mol. The van der Waals surface area contributed by atoms with Gasteiger partial charge in [-0.3, -0.25) is 0 Å². The van der Waals surface area contributed by atoms with E-state index in [1.165, 1.54) is 15.3 Å². The average molecular weight is 443 g/mol. The molecule has 3 aromatic rings. The maximum absolute atomic E-state index is 10.5. The molecule has 5 rings (SSSR count). The first-order valence-corrected chi connectivity index (χ1v) is 11.3. The van der Waals surface area contributed by atoms with Gasteiger partial charge in [-0.1, -0.05) is 54.1 Å². The summed E-state index contributed by atoms with van der Waals surface area (Å²) in [5.74, 6) is 0. The summed E-state index contributed by atoms with van der Waals surface area (Å²) < 4.78 is 6.07. The number of benzene rings is 2. The first-order valence-electron chi connectivity index (χ1n) is 10.1. The molecule has 6 heteroatoms.